The van der Waals surface area contributed by atoms with Crippen LogP contribution >= 0.6 is 0 Å². The SMILES string of the molecule is Cc1nc(NC(C)(C)C)cc(N2CCN(c3cccc(C)c3C)CC2)n1. The monoisotopic (exact) mass is 353 g/mol. The minimum atomic E-state index is -0.0144. The molecule has 1 aliphatic heterocycles. The highest BCUT2D eigenvalue weighted by Gasteiger charge is 2.21. The molecule has 2 aromatic rings. The maximum Gasteiger partial charge on any atom is 0.134 e. The van der Waals surface area contributed by atoms with Crippen LogP contribution in [0, 0.1) is 20.8 Å². The lowest BCUT2D eigenvalue weighted by Gasteiger charge is -2.37. The lowest BCUT2D eigenvalue weighted by atomic mass is 10.1. The largest absolute Gasteiger partial charge is 0.368 e. The number of nitrogens with one attached hydrogen (secondary N) is 1. The zero-order chi connectivity index (χ0) is 18.9. The fraction of sp³-hybridized carbons (Fsp3) is 0.524. The Morgan fingerprint density at radius 1 is 0.923 bits per heavy atom. The molecule has 1 aliphatic rings. The summed E-state index contributed by atoms with van der Waals surface area (Å²) in [5, 5.41) is 3.46. The Morgan fingerprint density at radius 3 is 2.23 bits per heavy atom. The number of benzene rings is 1. The molecule has 5 nitrogen and oxygen atoms in total. The smallest absolute Gasteiger partial charge is 0.134 e. The molecule has 0 radical (unpaired) electrons. The van der Waals surface area contributed by atoms with Gasteiger partial charge in [0.05, 0.1) is 0 Å². The van der Waals surface area contributed by atoms with Crippen LogP contribution in [0.1, 0.15) is 37.7 Å². The van der Waals surface area contributed by atoms with Gasteiger partial charge in [-0.25, -0.2) is 9.97 Å². The van der Waals surface area contributed by atoms with Crippen molar-refractivity contribution in [2.75, 3.05) is 41.3 Å². The summed E-state index contributed by atoms with van der Waals surface area (Å²) in [5.74, 6) is 2.73. The van der Waals surface area contributed by atoms with E-state index in [0.29, 0.717) is 0 Å². The second kappa shape index (κ2) is 7.14. The van der Waals surface area contributed by atoms with Crippen LogP contribution in [0.4, 0.5) is 17.3 Å². The molecule has 1 fully saturated rings. The molecule has 2 heterocycles. The second-order valence-corrected chi connectivity index (χ2v) is 8.23. The minimum absolute atomic E-state index is 0.0144. The summed E-state index contributed by atoms with van der Waals surface area (Å²) in [6, 6.07) is 8.65. The number of aryl methyl sites for hydroxylation is 2. The third-order valence-corrected chi connectivity index (χ3v) is 4.85. The number of rotatable bonds is 3. The van der Waals surface area contributed by atoms with Gasteiger partial charge in [0.15, 0.2) is 0 Å². The van der Waals surface area contributed by atoms with Crippen molar-refractivity contribution in [1.82, 2.24) is 9.97 Å². The number of piperazine rings is 1. The van der Waals surface area contributed by atoms with Gasteiger partial charge in [-0.3, -0.25) is 0 Å². The molecule has 140 valence electrons. The molecule has 0 saturated carbocycles. The first-order valence-corrected chi connectivity index (χ1v) is 9.43. The number of nitrogens with zero attached hydrogens (tertiary/aromatic N) is 4. The summed E-state index contributed by atoms with van der Waals surface area (Å²) in [5.41, 5.74) is 4.09. The first-order chi connectivity index (χ1) is 12.2. The van der Waals surface area contributed by atoms with Crippen LogP contribution in [-0.4, -0.2) is 41.7 Å². The van der Waals surface area contributed by atoms with Crippen molar-refractivity contribution in [1.29, 1.82) is 0 Å². The summed E-state index contributed by atoms with van der Waals surface area (Å²) in [6.45, 7) is 16.8. The van der Waals surface area contributed by atoms with Gasteiger partial charge in [-0.05, 0) is 58.7 Å². The lowest BCUT2D eigenvalue weighted by molar-refractivity contribution is 0.626. The summed E-state index contributed by atoms with van der Waals surface area (Å²) >= 11 is 0. The zero-order valence-corrected chi connectivity index (χ0v) is 16.9. The second-order valence-electron chi connectivity index (χ2n) is 8.23. The molecule has 1 aromatic heterocycles. The standard InChI is InChI=1S/C21H31N5/c1-15-8-7-9-18(16(15)2)25-10-12-26(13-11-25)20-14-19(22-17(3)23-20)24-21(4,5)6/h7-9,14H,10-13H2,1-6H3,(H,22,23,24). The van der Waals surface area contributed by atoms with E-state index in [1.165, 1.54) is 16.8 Å². The first-order valence-electron chi connectivity index (χ1n) is 9.43. The highest BCUT2D eigenvalue weighted by atomic mass is 15.3. The highest BCUT2D eigenvalue weighted by Crippen LogP contribution is 2.26. The van der Waals surface area contributed by atoms with Crippen molar-refractivity contribution in [3.05, 3.63) is 41.2 Å². The first kappa shape index (κ1) is 18.5. The van der Waals surface area contributed by atoms with Gasteiger partial charge >= 0.3 is 0 Å². The van der Waals surface area contributed by atoms with E-state index in [9.17, 15) is 0 Å². The van der Waals surface area contributed by atoms with E-state index in [2.05, 4.69) is 84.0 Å². The van der Waals surface area contributed by atoms with Crippen LogP contribution in [0.5, 0.6) is 0 Å². The minimum Gasteiger partial charge on any atom is -0.368 e. The van der Waals surface area contributed by atoms with Gasteiger partial charge in [0.25, 0.3) is 0 Å². The lowest BCUT2D eigenvalue weighted by Crippen LogP contribution is -2.47. The van der Waals surface area contributed by atoms with Gasteiger partial charge in [0, 0.05) is 43.5 Å². The zero-order valence-electron chi connectivity index (χ0n) is 16.9. The average Bonchev–Trinajstić information content (AvgIpc) is 2.55. The van der Waals surface area contributed by atoms with Gasteiger partial charge in [0.1, 0.15) is 17.5 Å². The molecule has 26 heavy (non-hydrogen) atoms. The Kier molecular flexibility index (Phi) is 5.08. The van der Waals surface area contributed by atoms with Crippen molar-refractivity contribution in [2.24, 2.45) is 0 Å². The number of aromatic nitrogens is 2. The molecule has 5 heteroatoms. The van der Waals surface area contributed by atoms with E-state index < -0.39 is 0 Å². The molecule has 0 unspecified atom stereocenters. The average molecular weight is 354 g/mol. The van der Waals surface area contributed by atoms with Gasteiger partial charge in [-0.2, -0.15) is 0 Å². The van der Waals surface area contributed by atoms with Crippen molar-refractivity contribution < 1.29 is 0 Å². The van der Waals surface area contributed by atoms with Gasteiger partial charge in [0.2, 0.25) is 0 Å². The molecule has 1 aromatic carbocycles. The topological polar surface area (TPSA) is 44.3 Å². The highest BCUT2D eigenvalue weighted by molar-refractivity contribution is 5.58. The fourth-order valence-corrected chi connectivity index (χ4v) is 3.42. The van der Waals surface area contributed by atoms with E-state index >= 15 is 0 Å². The van der Waals surface area contributed by atoms with E-state index in [1.807, 2.05) is 6.92 Å². The van der Waals surface area contributed by atoms with Crippen LogP contribution in [0.2, 0.25) is 0 Å². The van der Waals surface area contributed by atoms with Gasteiger partial charge in [-0.15, -0.1) is 0 Å². The molecular formula is C21H31N5. The maximum absolute atomic E-state index is 4.67. The summed E-state index contributed by atoms with van der Waals surface area (Å²) in [4.78, 5) is 14.1. The Bertz CT molecular complexity index is 770. The maximum atomic E-state index is 4.67. The van der Waals surface area contributed by atoms with Crippen molar-refractivity contribution in [2.45, 2.75) is 47.1 Å². The van der Waals surface area contributed by atoms with E-state index in [-0.39, 0.29) is 5.54 Å². The van der Waals surface area contributed by atoms with Crippen LogP contribution in [-0.2, 0) is 0 Å². The van der Waals surface area contributed by atoms with Crippen LogP contribution < -0.4 is 15.1 Å². The molecule has 0 amide bonds. The molecule has 0 aliphatic carbocycles. The number of anilines is 3. The molecule has 0 spiro atoms. The summed E-state index contributed by atoms with van der Waals surface area (Å²) in [6.07, 6.45) is 0. The van der Waals surface area contributed by atoms with Crippen molar-refractivity contribution >= 4 is 17.3 Å². The molecule has 1 N–H and O–H groups in total. The van der Waals surface area contributed by atoms with Gasteiger partial charge in [-0.1, -0.05) is 12.1 Å². The van der Waals surface area contributed by atoms with Gasteiger partial charge < -0.3 is 15.1 Å². The molecule has 0 bridgehead atoms. The Hall–Kier alpha value is -2.30. The predicted octanol–water partition coefficient (Wildman–Crippen LogP) is 3.94. The molecule has 3 rings (SSSR count). The third kappa shape index (κ3) is 4.26. The van der Waals surface area contributed by atoms with E-state index in [0.717, 1.165) is 43.6 Å². The Balaban J connectivity index is 1.73. The Labute approximate surface area is 157 Å². The third-order valence-electron chi connectivity index (χ3n) is 4.85. The normalized spacial score (nSPS) is 15.3. The van der Waals surface area contributed by atoms with E-state index in [4.69, 9.17) is 0 Å². The van der Waals surface area contributed by atoms with Crippen LogP contribution in [0.25, 0.3) is 0 Å². The molecule has 1 saturated heterocycles. The number of hydrogen-bond acceptors (Lipinski definition) is 5. The number of hydrogen-bond donors (Lipinski definition) is 1. The molecule has 0 atom stereocenters. The Morgan fingerprint density at radius 2 is 1.58 bits per heavy atom. The van der Waals surface area contributed by atoms with Crippen molar-refractivity contribution in [3.63, 3.8) is 0 Å². The van der Waals surface area contributed by atoms with Crippen LogP contribution in [0.3, 0.4) is 0 Å². The van der Waals surface area contributed by atoms with E-state index in [1.54, 1.807) is 0 Å². The molecular weight excluding hydrogens is 322 g/mol. The predicted molar refractivity (Wildman–Crippen MR) is 110 cm³/mol. The summed E-state index contributed by atoms with van der Waals surface area (Å²) < 4.78 is 0. The summed E-state index contributed by atoms with van der Waals surface area (Å²) in [7, 11) is 0. The quantitative estimate of drug-likeness (QED) is 0.905. The van der Waals surface area contributed by atoms with Crippen LogP contribution in [0.15, 0.2) is 24.3 Å². The fourth-order valence-electron chi connectivity index (χ4n) is 3.42. The van der Waals surface area contributed by atoms with Crippen molar-refractivity contribution in [3.8, 4) is 0 Å².